The summed E-state index contributed by atoms with van der Waals surface area (Å²) in [6.07, 6.45) is -4.63. The highest BCUT2D eigenvalue weighted by Gasteiger charge is 2.90. The minimum atomic E-state index is -7.83. The lowest BCUT2D eigenvalue weighted by Crippen LogP contribution is -2.70. The molecule has 0 aromatic rings. The van der Waals surface area contributed by atoms with Gasteiger partial charge in [0, 0.05) is 11.7 Å². The molecule has 1 atom stereocenters. The zero-order valence-corrected chi connectivity index (χ0v) is 14.4. The van der Waals surface area contributed by atoms with Crippen LogP contribution >= 0.6 is 11.8 Å². The highest BCUT2D eigenvalue weighted by Crippen LogP contribution is 2.60. The molecule has 28 heavy (non-hydrogen) atoms. The molecule has 0 radical (unpaired) electrons. The third-order valence-electron chi connectivity index (χ3n) is 3.96. The molecule has 166 valence electrons. The summed E-state index contributed by atoms with van der Waals surface area (Å²) in [4.78, 5) is 0. The van der Waals surface area contributed by atoms with Crippen LogP contribution in [0.25, 0.3) is 0 Å². The lowest BCUT2D eigenvalue weighted by atomic mass is 9.93. The first-order valence-electron chi connectivity index (χ1n) is 7.57. The van der Waals surface area contributed by atoms with E-state index < -0.39 is 53.2 Å². The molecule has 1 unspecified atom stereocenters. The van der Waals surface area contributed by atoms with Crippen molar-refractivity contribution in [2.24, 2.45) is 0 Å². The van der Waals surface area contributed by atoms with Crippen molar-refractivity contribution in [3.63, 3.8) is 0 Å². The Morgan fingerprint density at radius 2 is 1.21 bits per heavy atom. The van der Waals surface area contributed by atoms with Crippen LogP contribution in [0.5, 0.6) is 0 Å². The van der Waals surface area contributed by atoms with E-state index in [1.54, 1.807) is 6.08 Å². The Bertz CT molecular complexity index is 564. The molecule has 0 saturated carbocycles. The molecule has 0 saturated heterocycles. The van der Waals surface area contributed by atoms with Crippen LogP contribution < -0.4 is 0 Å². The van der Waals surface area contributed by atoms with E-state index in [1.165, 1.54) is 6.08 Å². The van der Waals surface area contributed by atoms with Gasteiger partial charge >= 0.3 is 35.8 Å². The lowest BCUT2D eigenvalue weighted by molar-refractivity contribution is -0.439. The second-order valence-corrected chi connectivity index (χ2v) is 7.37. The fourth-order valence-corrected chi connectivity index (χ4v) is 3.45. The van der Waals surface area contributed by atoms with Gasteiger partial charge < -0.3 is 0 Å². The molecule has 0 aromatic carbocycles. The third kappa shape index (κ3) is 4.20. The molecule has 0 nitrogen and oxygen atoms in total. The minimum absolute atomic E-state index is 0.435. The summed E-state index contributed by atoms with van der Waals surface area (Å²) >= 11 is 0.608. The molecule has 1 rings (SSSR count). The predicted octanol–water partition coefficient (Wildman–Crippen LogP) is 6.96. The number of hydrogen-bond donors (Lipinski definition) is 0. The van der Waals surface area contributed by atoms with Crippen LogP contribution in [0.1, 0.15) is 25.7 Å². The first-order valence-corrected chi connectivity index (χ1v) is 8.62. The van der Waals surface area contributed by atoms with E-state index in [-0.39, 0.29) is 0 Å². The van der Waals surface area contributed by atoms with Crippen molar-refractivity contribution < 1.29 is 57.1 Å². The van der Waals surface area contributed by atoms with Crippen LogP contribution in [0.3, 0.4) is 0 Å². The van der Waals surface area contributed by atoms with Gasteiger partial charge in [0.1, 0.15) is 0 Å². The molecular weight excluding hydrogens is 447 g/mol. The number of halogens is 13. The molecule has 0 heterocycles. The van der Waals surface area contributed by atoms with E-state index >= 15 is 0 Å². The van der Waals surface area contributed by atoms with Crippen molar-refractivity contribution in [3.8, 4) is 0 Å². The SMILES string of the molecule is FC(F)(F)C(F)(F)C(F)(F)C(F)(F)C(F)(F)C(F)(F)CCSC1C=CCCC1. The highest BCUT2D eigenvalue weighted by molar-refractivity contribution is 8.00. The molecule has 0 bridgehead atoms. The van der Waals surface area contributed by atoms with Crippen LogP contribution in [0.4, 0.5) is 57.1 Å². The molecule has 1 aliphatic carbocycles. The molecule has 0 fully saturated rings. The predicted molar refractivity (Wildman–Crippen MR) is 74.6 cm³/mol. The van der Waals surface area contributed by atoms with Crippen LogP contribution in [-0.4, -0.2) is 46.8 Å². The fraction of sp³-hybridized carbons (Fsp3) is 0.857. The Morgan fingerprint density at radius 1 is 0.714 bits per heavy atom. The molecule has 1 aliphatic rings. The van der Waals surface area contributed by atoms with E-state index in [2.05, 4.69) is 0 Å². The van der Waals surface area contributed by atoms with Gasteiger partial charge in [-0.3, -0.25) is 0 Å². The van der Waals surface area contributed by atoms with E-state index in [4.69, 9.17) is 0 Å². The smallest absolute Gasteiger partial charge is 0.200 e. The Kier molecular flexibility index (Phi) is 7.01. The average Bonchev–Trinajstić information content (AvgIpc) is 2.53. The Morgan fingerprint density at radius 3 is 1.64 bits per heavy atom. The van der Waals surface area contributed by atoms with Crippen molar-refractivity contribution in [1.82, 2.24) is 0 Å². The van der Waals surface area contributed by atoms with Gasteiger partial charge in [-0.05, 0) is 25.0 Å². The number of hydrogen-bond acceptors (Lipinski definition) is 1. The highest BCUT2D eigenvalue weighted by atomic mass is 32.2. The maximum absolute atomic E-state index is 13.5. The van der Waals surface area contributed by atoms with Gasteiger partial charge in [-0.25, -0.2) is 0 Å². The number of thioether (sulfide) groups is 1. The Hall–Kier alpha value is -0.820. The topological polar surface area (TPSA) is 0 Å². The van der Waals surface area contributed by atoms with Gasteiger partial charge in [-0.1, -0.05) is 12.2 Å². The van der Waals surface area contributed by atoms with Crippen molar-refractivity contribution >= 4 is 11.8 Å². The molecule has 0 amide bonds. The molecule has 0 aliphatic heterocycles. The van der Waals surface area contributed by atoms with Gasteiger partial charge in [0.2, 0.25) is 0 Å². The van der Waals surface area contributed by atoms with E-state index in [1.807, 2.05) is 0 Å². The molecule has 14 heteroatoms. The Balaban J connectivity index is 3.05. The average molecular weight is 460 g/mol. The van der Waals surface area contributed by atoms with Gasteiger partial charge in [0.25, 0.3) is 0 Å². The summed E-state index contributed by atoms with van der Waals surface area (Å²) in [5.41, 5.74) is 0. The van der Waals surface area contributed by atoms with Crippen molar-refractivity contribution in [1.29, 1.82) is 0 Å². The summed E-state index contributed by atoms with van der Waals surface area (Å²) in [5, 5.41) is -0.435. The van der Waals surface area contributed by atoms with Gasteiger partial charge in [-0.2, -0.15) is 68.8 Å². The summed E-state index contributed by atoms with van der Waals surface area (Å²) in [6.45, 7) is 0. The minimum Gasteiger partial charge on any atom is -0.200 e. The Labute approximate surface area is 154 Å². The maximum atomic E-state index is 13.5. The van der Waals surface area contributed by atoms with Crippen LogP contribution in [0.2, 0.25) is 0 Å². The number of rotatable bonds is 8. The zero-order chi connectivity index (χ0) is 22.2. The van der Waals surface area contributed by atoms with E-state index in [9.17, 15) is 57.1 Å². The first-order chi connectivity index (χ1) is 12.3. The maximum Gasteiger partial charge on any atom is 0.460 e. The van der Waals surface area contributed by atoms with Crippen molar-refractivity contribution in [2.45, 2.75) is 66.7 Å². The van der Waals surface area contributed by atoms with Crippen molar-refractivity contribution in [3.05, 3.63) is 12.2 Å². The largest absolute Gasteiger partial charge is 0.460 e. The lowest BCUT2D eigenvalue weighted by Gasteiger charge is -2.39. The monoisotopic (exact) mass is 460 g/mol. The van der Waals surface area contributed by atoms with E-state index in [0.29, 0.717) is 31.0 Å². The second-order valence-electron chi connectivity index (χ2n) is 6.02. The third-order valence-corrected chi connectivity index (χ3v) is 5.22. The molecule has 0 aromatic heterocycles. The quantitative estimate of drug-likeness (QED) is 0.279. The van der Waals surface area contributed by atoms with Crippen LogP contribution in [0.15, 0.2) is 12.2 Å². The summed E-state index contributed by atoms with van der Waals surface area (Å²) in [6, 6.07) is 0. The summed E-state index contributed by atoms with van der Waals surface area (Å²) < 4.78 is 168. The molecule has 0 N–H and O–H groups in total. The first kappa shape index (κ1) is 25.2. The number of allylic oxidation sites excluding steroid dienone is 1. The zero-order valence-electron chi connectivity index (χ0n) is 13.6. The van der Waals surface area contributed by atoms with Crippen LogP contribution in [-0.2, 0) is 0 Å². The molecular formula is C14H13F13S. The fourth-order valence-electron chi connectivity index (χ4n) is 2.22. The van der Waals surface area contributed by atoms with Crippen LogP contribution in [0, 0.1) is 0 Å². The van der Waals surface area contributed by atoms with Gasteiger partial charge in [-0.15, -0.1) is 0 Å². The van der Waals surface area contributed by atoms with Crippen molar-refractivity contribution in [2.75, 3.05) is 5.75 Å². The molecule has 0 spiro atoms. The normalized spacial score (nSPS) is 20.5. The van der Waals surface area contributed by atoms with E-state index in [0.717, 1.165) is 0 Å². The second kappa shape index (κ2) is 7.78. The number of alkyl halides is 13. The summed E-state index contributed by atoms with van der Waals surface area (Å²) in [7, 11) is 0. The standard InChI is InChI=1S/C14H13F13S/c15-9(16,6-7-28-8-4-2-1-3-5-8)10(17,18)11(19,20)12(21,22)13(23,24)14(25,26)27/h2,4,8H,1,3,5-7H2. The summed E-state index contributed by atoms with van der Waals surface area (Å²) in [5.74, 6) is -37.3. The van der Waals surface area contributed by atoms with Gasteiger partial charge in [0.15, 0.2) is 0 Å². The van der Waals surface area contributed by atoms with Gasteiger partial charge in [0.05, 0.1) is 0 Å².